The van der Waals surface area contributed by atoms with Gasteiger partial charge in [0, 0.05) is 24.2 Å². The first-order valence-electron chi connectivity index (χ1n) is 10.2. The molecule has 160 valence electrons. The maximum Gasteiger partial charge on any atom is 0.265 e. The standard InChI is InChI=1S/C25H22N4O3/c1-17-28-22-10-6-5-9-21(22)25(32)29(17)20-13-11-19(12-14-20)24(31)27-16-15-26-23(30)18-7-3-2-4-8-18/h2-14H,15-16H2,1H3,(H,26,30)(H,27,31). The Hall–Kier alpha value is -4.26. The van der Waals surface area contributed by atoms with E-state index in [4.69, 9.17) is 0 Å². The Kier molecular flexibility index (Phi) is 6.07. The number of nitrogens with one attached hydrogen (secondary N) is 2. The SMILES string of the molecule is Cc1nc2ccccc2c(=O)n1-c1ccc(C(=O)NCCNC(=O)c2ccccc2)cc1. The summed E-state index contributed by atoms with van der Waals surface area (Å²) in [6, 6.07) is 22.9. The number of fused-ring (bicyclic) bond motifs is 1. The molecule has 4 aromatic rings. The maximum atomic E-state index is 12.9. The van der Waals surface area contributed by atoms with E-state index in [2.05, 4.69) is 15.6 Å². The Morgan fingerprint density at radius 1 is 0.781 bits per heavy atom. The molecular weight excluding hydrogens is 404 g/mol. The molecule has 0 atom stereocenters. The van der Waals surface area contributed by atoms with E-state index in [0.29, 0.717) is 46.6 Å². The number of nitrogens with zero attached hydrogens (tertiary/aromatic N) is 2. The van der Waals surface area contributed by atoms with Crippen molar-refractivity contribution in [1.29, 1.82) is 0 Å². The number of hydrogen-bond acceptors (Lipinski definition) is 4. The molecule has 0 spiro atoms. The number of para-hydroxylation sites is 1. The second kappa shape index (κ2) is 9.26. The summed E-state index contributed by atoms with van der Waals surface area (Å²) in [5.41, 5.74) is 2.17. The van der Waals surface area contributed by atoms with Crippen LogP contribution in [-0.4, -0.2) is 34.5 Å². The highest BCUT2D eigenvalue weighted by atomic mass is 16.2. The number of amides is 2. The summed E-state index contributed by atoms with van der Waals surface area (Å²) in [6.45, 7) is 2.39. The summed E-state index contributed by atoms with van der Waals surface area (Å²) in [7, 11) is 0. The predicted octanol–water partition coefficient (Wildman–Crippen LogP) is 2.85. The molecule has 3 aromatic carbocycles. The van der Waals surface area contributed by atoms with Gasteiger partial charge >= 0.3 is 0 Å². The van der Waals surface area contributed by atoms with E-state index in [9.17, 15) is 14.4 Å². The predicted molar refractivity (Wildman–Crippen MR) is 123 cm³/mol. The molecule has 32 heavy (non-hydrogen) atoms. The number of benzene rings is 3. The number of aromatic nitrogens is 2. The van der Waals surface area contributed by atoms with Crippen molar-refractivity contribution in [3.63, 3.8) is 0 Å². The van der Waals surface area contributed by atoms with Gasteiger partial charge in [-0.3, -0.25) is 19.0 Å². The summed E-state index contributed by atoms with van der Waals surface area (Å²) in [6.07, 6.45) is 0. The molecule has 7 heteroatoms. The lowest BCUT2D eigenvalue weighted by molar-refractivity contribution is 0.0927. The third-order valence-corrected chi connectivity index (χ3v) is 5.06. The number of carbonyl (C=O) groups is 2. The molecule has 1 heterocycles. The lowest BCUT2D eigenvalue weighted by Crippen LogP contribution is -2.34. The van der Waals surface area contributed by atoms with Crippen LogP contribution >= 0.6 is 0 Å². The Morgan fingerprint density at radius 3 is 2.00 bits per heavy atom. The third-order valence-electron chi connectivity index (χ3n) is 5.06. The first kappa shape index (κ1) is 21.0. The highest BCUT2D eigenvalue weighted by Gasteiger charge is 2.11. The van der Waals surface area contributed by atoms with Gasteiger partial charge in [-0.15, -0.1) is 0 Å². The molecular formula is C25H22N4O3. The topological polar surface area (TPSA) is 93.1 Å². The van der Waals surface area contributed by atoms with Crippen molar-refractivity contribution >= 4 is 22.7 Å². The van der Waals surface area contributed by atoms with Crippen molar-refractivity contribution in [2.24, 2.45) is 0 Å². The largest absolute Gasteiger partial charge is 0.350 e. The van der Waals surface area contributed by atoms with Crippen molar-refractivity contribution in [2.75, 3.05) is 13.1 Å². The van der Waals surface area contributed by atoms with Crippen molar-refractivity contribution < 1.29 is 9.59 Å². The van der Waals surface area contributed by atoms with Crippen LogP contribution in [0, 0.1) is 6.92 Å². The van der Waals surface area contributed by atoms with E-state index in [0.717, 1.165) is 0 Å². The van der Waals surface area contributed by atoms with Gasteiger partial charge in [0.05, 0.1) is 16.6 Å². The zero-order valence-corrected chi connectivity index (χ0v) is 17.5. The minimum Gasteiger partial charge on any atom is -0.350 e. The van der Waals surface area contributed by atoms with E-state index in [1.54, 1.807) is 67.6 Å². The molecule has 0 unspecified atom stereocenters. The second-order valence-electron chi connectivity index (χ2n) is 7.24. The normalized spacial score (nSPS) is 10.7. The first-order valence-corrected chi connectivity index (χ1v) is 10.2. The molecule has 4 rings (SSSR count). The first-order chi connectivity index (χ1) is 15.5. The van der Waals surface area contributed by atoms with E-state index in [1.165, 1.54) is 4.57 Å². The summed E-state index contributed by atoms with van der Waals surface area (Å²) in [5.74, 6) is 0.125. The number of rotatable bonds is 6. The van der Waals surface area contributed by atoms with Crippen LogP contribution in [0.15, 0.2) is 83.7 Å². The molecule has 7 nitrogen and oxygen atoms in total. The molecule has 0 fully saturated rings. The fourth-order valence-electron chi connectivity index (χ4n) is 3.46. The molecule has 0 saturated heterocycles. The second-order valence-corrected chi connectivity index (χ2v) is 7.24. The van der Waals surface area contributed by atoms with Gasteiger partial charge in [-0.1, -0.05) is 30.3 Å². The van der Waals surface area contributed by atoms with E-state index in [-0.39, 0.29) is 17.4 Å². The van der Waals surface area contributed by atoms with Crippen molar-refractivity contribution in [3.05, 3.63) is 106 Å². The molecule has 2 N–H and O–H groups in total. The summed E-state index contributed by atoms with van der Waals surface area (Å²) >= 11 is 0. The molecule has 0 aliphatic carbocycles. The van der Waals surface area contributed by atoms with Gasteiger partial charge in [0.2, 0.25) is 0 Å². The highest BCUT2D eigenvalue weighted by Crippen LogP contribution is 2.13. The quantitative estimate of drug-likeness (QED) is 0.464. The fourth-order valence-corrected chi connectivity index (χ4v) is 3.46. The highest BCUT2D eigenvalue weighted by molar-refractivity contribution is 5.95. The smallest absolute Gasteiger partial charge is 0.265 e. The van der Waals surface area contributed by atoms with Gasteiger partial charge in [-0.2, -0.15) is 0 Å². The van der Waals surface area contributed by atoms with Gasteiger partial charge in [0.1, 0.15) is 5.82 Å². The fraction of sp³-hybridized carbons (Fsp3) is 0.120. The van der Waals surface area contributed by atoms with Crippen LogP contribution in [0.4, 0.5) is 0 Å². The van der Waals surface area contributed by atoms with Crippen LogP contribution in [0.25, 0.3) is 16.6 Å². The molecule has 0 radical (unpaired) electrons. The Balaban J connectivity index is 1.40. The van der Waals surface area contributed by atoms with Crippen LogP contribution in [0.2, 0.25) is 0 Å². The minimum atomic E-state index is -0.258. The van der Waals surface area contributed by atoms with Crippen LogP contribution in [0.5, 0.6) is 0 Å². The average Bonchev–Trinajstić information content (AvgIpc) is 2.82. The lowest BCUT2D eigenvalue weighted by Gasteiger charge is -2.12. The molecule has 2 amide bonds. The van der Waals surface area contributed by atoms with Gasteiger partial charge in [-0.25, -0.2) is 4.98 Å². The number of carbonyl (C=O) groups excluding carboxylic acids is 2. The summed E-state index contributed by atoms with van der Waals surface area (Å²) in [5, 5.41) is 6.08. The van der Waals surface area contributed by atoms with Gasteiger partial charge in [-0.05, 0) is 55.5 Å². The van der Waals surface area contributed by atoms with E-state index < -0.39 is 0 Å². The molecule has 1 aromatic heterocycles. The van der Waals surface area contributed by atoms with E-state index >= 15 is 0 Å². The third kappa shape index (κ3) is 4.41. The Labute approximate surface area is 184 Å². The van der Waals surface area contributed by atoms with E-state index in [1.807, 2.05) is 18.2 Å². The average molecular weight is 426 g/mol. The van der Waals surface area contributed by atoms with Crippen molar-refractivity contribution in [3.8, 4) is 5.69 Å². The van der Waals surface area contributed by atoms with Crippen molar-refractivity contribution in [2.45, 2.75) is 6.92 Å². The van der Waals surface area contributed by atoms with Gasteiger partial charge in [0.25, 0.3) is 17.4 Å². The minimum absolute atomic E-state index is 0.153. The number of aryl methyl sites for hydroxylation is 1. The molecule has 0 aliphatic heterocycles. The van der Waals surface area contributed by atoms with Crippen molar-refractivity contribution in [1.82, 2.24) is 20.2 Å². The van der Waals surface area contributed by atoms with Crippen LogP contribution in [0.3, 0.4) is 0 Å². The van der Waals surface area contributed by atoms with Gasteiger partial charge < -0.3 is 10.6 Å². The van der Waals surface area contributed by atoms with Crippen LogP contribution in [-0.2, 0) is 0 Å². The maximum absolute atomic E-state index is 12.9. The van der Waals surface area contributed by atoms with Gasteiger partial charge in [0.15, 0.2) is 0 Å². The lowest BCUT2D eigenvalue weighted by atomic mass is 10.2. The van der Waals surface area contributed by atoms with Crippen LogP contribution in [0.1, 0.15) is 26.5 Å². The Bertz CT molecular complexity index is 1330. The monoisotopic (exact) mass is 426 g/mol. The zero-order chi connectivity index (χ0) is 22.5. The number of hydrogen-bond donors (Lipinski definition) is 2. The Morgan fingerprint density at radius 2 is 1.34 bits per heavy atom. The van der Waals surface area contributed by atoms with Crippen LogP contribution < -0.4 is 16.2 Å². The molecule has 0 bridgehead atoms. The zero-order valence-electron chi connectivity index (χ0n) is 17.5. The summed E-state index contributed by atoms with van der Waals surface area (Å²) < 4.78 is 1.53. The summed E-state index contributed by atoms with van der Waals surface area (Å²) in [4.78, 5) is 41.8. The molecule has 0 saturated carbocycles. The molecule has 0 aliphatic rings.